The fourth-order valence-corrected chi connectivity index (χ4v) is 1.78. The third kappa shape index (κ3) is 3.62. The van der Waals surface area contributed by atoms with Crippen LogP contribution in [0.1, 0.15) is 12.0 Å². The molecule has 1 fully saturated rings. The second-order valence-electron chi connectivity index (χ2n) is 4.19. The molecule has 0 aromatic heterocycles. The van der Waals surface area contributed by atoms with Gasteiger partial charge in [0.05, 0.1) is 6.61 Å². The quantitative estimate of drug-likeness (QED) is 0.600. The first kappa shape index (κ1) is 13.2. The van der Waals surface area contributed by atoms with Gasteiger partial charge in [0.2, 0.25) is 11.8 Å². The van der Waals surface area contributed by atoms with Crippen molar-refractivity contribution < 1.29 is 19.1 Å². The molecule has 1 aromatic carbocycles. The summed E-state index contributed by atoms with van der Waals surface area (Å²) in [6.45, 7) is 0.699. The number of urea groups is 1. The zero-order valence-corrected chi connectivity index (χ0v) is 10.2. The maximum atomic E-state index is 11.4. The van der Waals surface area contributed by atoms with Crippen LogP contribution in [0.25, 0.3) is 0 Å². The van der Waals surface area contributed by atoms with Crippen molar-refractivity contribution in [3.63, 3.8) is 0 Å². The molecule has 100 valence electrons. The lowest BCUT2D eigenvalue weighted by molar-refractivity contribution is -0.136. The summed E-state index contributed by atoms with van der Waals surface area (Å²) in [5.74, 6) is -2.01. The number of hydrogen-bond donors (Lipinski definition) is 2. The number of ether oxygens (including phenoxy) is 1. The lowest BCUT2D eigenvalue weighted by atomic mass is 10.0. The zero-order chi connectivity index (χ0) is 13.7. The largest absolute Gasteiger partial charge is 0.377 e. The molecule has 2 N–H and O–H groups in total. The molecule has 1 aliphatic rings. The van der Waals surface area contributed by atoms with E-state index in [1.165, 1.54) is 0 Å². The first-order valence-electron chi connectivity index (χ1n) is 5.94. The predicted octanol–water partition coefficient (Wildman–Crippen LogP) is 0.575. The summed E-state index contributed by atoms with van der Waals surface area (Å²) in [5, 5.41) is 4.11. The molecule has 1 heterocycles. The minimum absolute atomic E-state index is 0.248. The van der Waals surface area contributed by atoms with Crippen LogP contribution in [-0.2, 0) is 20.9 Å². The summed E-state index contributed by atoms with van der Waals surface area (Å²) in [6.07, 6.45) is 0.248. The van der Waals surface area contributed by atoms with Gasteiger partial charge in [-0.15, -0.1) is 0 Å². The van der Waals surface area contributed by atoms with Crippen LogP contribution in [-0.4, -0.2) is 24.5 Å². The maximum Gasteiger partial charge on any atom is 0.328 e. The van der Waals surface area contributed by atoms with Gasteiger partial charge in [0.15, 0.2) is 0 Å². The molecule has 6 nitrogen and oxygen atoms in total. The van der Waals surface area contributed by atoms with Gasteiger partial charge in [-0.05, 0) is 12.0 Å². The minimum atomic E-state index is -0.867. The summed E-state index contributed by atoms with van der Waals surface area (Å²) in [5.41, 5.74) is 1.02. The molecule has 4 amide bonds. The molecule has 6 heteroatoms. The van der Waals surface area contributed by atoms with E-state index in [4.69, 9.17) is 4.74 Å². The van der Waals surface area contributed by atoms with E-state index < -0.39 is 23.8 Å². The SMILES string of the molecule is O=C1NC(=O)C(CCOCc2ccccc2)C(=O)N1. The smallest absolute Gasteiger partial charge is 0.328 e. The molecule has 0 saturated carbocycles. The first-order valence-corrected chi connectivity index (χ1v) is 5.94. The van der Waals surface area contributed by atoms with Gasteiger partial charge in [-0.3, -0.25) is 20.2 Å². The van der Waals surface area contributed by atoms with Crippen LogP contribution in [0.5, 0.6) is 0 Å². The van der Waals surface area contributed by atoms with Gasteiger partial charge < -0.3 is 4.74 Å². The van der Waals surface area contributed by atoms with E-state index in [1.807, 2.05) is 30.3 Å². The van der Waals surface area contributed by atoms with Crippen molar-refractivity contribution in [2.45, 2.75) is 13.0 Å². The normalized spacial score (nSPS) is 16.1. The van der Waals surface area contributed by atoms with Crippen LogP contribution in [0.15, 0.2) is 30.3 Å². The summed E-state index contributed by atoms with van der Waals surface area (Å²) < 4.78 is 5.40. The van der Waals surface area contributed by atoms with Gasteiger partial charge >= 0.3 is 6.03 Å². The topological polar surface area (TPSA) is 84.5 Å². The lowest BCUT2D eigenvalue weighted by Gasteiger charge is -2.20. The second kappa shape index (κ2) is 6.10. The van der Waals surface area contributed by atoms with Gasteiger partial charge in [-0.1, -0.05) is 30.3 Å². The maximum absolute atomic E-state index is 11.4. The molecule has 1 aromatic rings. The molecule has 0 atom stereocenters. The van der Waals surface area contributed by atoms with Crippen LogP contribution in [0, 0.1) is 5.92 Å². The van der Waals surface area contributed by atoms with Crippen LogP contribution in [0.3, 0.4) is 0 Å². The predicted molar refractivity (Wildman–Crippen MR) is 65.9 cm³/mol. The van der Waals surface area contributed by atoms with Gasteiger partial charge in [0.25, 0.3) is 0 Å². The van der Waals surface area contributed by atoms with Gasteiger partial charge in [-0.25, -0.2) is 4.79 Å². The number of hydrogen-bond acceptors (Lipinski definition) is 4. The average molecular weight is 262 g/mol. The van der Waals surface area contributed by atoms with Crippen molar-refractivity contribution in [2.75, 3.05) is 6.61 Å². The zero-order valence-electron chi connectivity index (χ0n) is 10.2. The van der Waals surface area contributed by atoms with Crippen molar-refractivity contribution in [1.29, 1.82) is 0 Å². The van der Waals surface area contributed by atoms with Crippen molar-refractivity contribution in [1.82, 2.24) is 10.6 Å². The van der Waals surface area contributed by atoms with E-state index in [-0.39, 0.29) is 13.0 Å². The molecule has 1 aliphatic heterocycles. The Morgan fingerprint density at radius 1 is 1.00 bits per heavy atom. The summed E-state index contributed by atoms with van der Waals surface area (Å²) in [6, 6.07) is 8.82. The molecule has 0 aliphatic carbocycles. The van der Waals surface area contributed by atoms with Gasteiger partial charge in [0.1, 0.15) is 5.92 Å². The first-order chi connectivity index (χ1) is 9.16. The number of amides is 4. The van der Waals surface area contributed by atoms with E-state index in [9.17, 15) is 14.4 Å². The van der Waals surface area contributed by atoms with E-state index in [1.54, 1.807) is 0 Å². The highest BCUT2D eigenvalue weighted by molar-refractivity contribution is 6.16. The number of carbonyl (C=O) groups excluding carboxylic acids is 3. The Hall–Kier alpha value is -2.21. The van der Waals surface area contributed by atoms with Crippen molar-refractivity contribution in [3.05, 3.63) is 35.9 Å². The van der Waals surface area contributed by atoms with Crippen LogP contribution < -0.4 is 10.6 Å². The minimum Gasteiger partial charge on any atom is -0.377 e. The Labute approximate surface area is 110 Å². The number of nitrogens with one attached hydrogen (secondary N) is 2. The fraction of sp³-hybridized carbons (Fsp3) is 0.308. The van der Waals surface area contributed by atoms with Gasteiger partial charge in [0, 0.05) is 6.61 Å². The summed E-state index contributed by atoms with van der Waals surface area (Å²) in [4.78, 5) is 33.7. The highest BCUT2D eigenvalue weighted by atomic mass is 16.5. The molecule has 0 spiro atoms. The Bertz CT molecular complexity index is 467. The molecular formula is C13H14N2O4. The molecule has 1 saturated heterocycles. The monoisotopic (exact) mass is 262 g/mol. The third-order valence-corrected chi connectivity index (χ3v) is 2.77. The molecule has 2 rings (SSSR count). The molecular weight excluding hydrogens is 248 g/mol. The number of benzene rings is 1. The van der Waals surface area contributed by atoms with E-state index in [2.05, 4.69) is 10.6 Å². The van der Waals surface area contributed by atoms with Crippen LogP contribution in [0.2, 0.25) is 0 Å². The molecule has 19 heavy (non-hydrogen) atoms. The van der Waals surface area contributed by atoms with E-state index in [0.717, 1.165) is 5.56 Å². The Morgan fingerprint density at radius 3 is 2.26 bits per heavy atom. The Balaban J connectivity index is 1.75. The van der Waals surface area contributed by atoms with Crippen LogP contribution in [0.4, 0.5) is 4.79 Å². The Morgan fingerprint density at radius 2 is 1.63 bits per heavy atom. The molecule has 0 bridgehead atoms. The highest BCUT2D eigenvalue weighted by Gasteiger charge is 2.33. The van der Waals surface area contributed by atoms with E-state index >= 15 is 0 Å². The van der Waals surface area contributed by atoms with Crippen molar-refractivity contribution >= 4 is 17.8 Å². The lowest BCUT2D eigenvalue weighted by Crippen LogP contribution is -2.55. The summed E-state index contributed by atoms with van der Waals surface area (Å²) in [7, 11) is 0. The summed E-state index contributed by atoms with van der Waals surface area (Å²) >= 11 is 0. The molecule has 0 unspecified atom stereocenters. The number of carbonyl (C=O) groups is 3. The number of imide groups is 2. The number of rotatable bonds is 5. The van der Waals surface area contributed by atoms with Crippen molar-refractivity contribution in [2.24, 2.45) is 5.92 Å². The van der Waals surface area contributed by atoms with E-state index in [0.29, 0.717) is 6.61 Å². The fourth-order valence-electron chi connectivity index (χ4n) is 1.78. The standard InChI is InChI=1S/C13H14N2O4/c16-11-10(12(17)15-13(18)14-11)6-7-19-8-9-4-2-1-3-5-9/h1-5,10H,6-8H2,(H2,14,15,16,17,18). The second-order valence-corrected chi connectivity index (χ2v) is 4.19. The average Bonchev–Trinajstić information content (AvgIpc) is 2.38. The third-order valence-electron chi connectivity index (χ3n) is 2.77. The highest BCUT2D eigenvalue weighted by Crippen LogP contribution is 2.09. The van der Waals surface area contributed by atoms with Crippen LogP contribution >= 0.6 is 0 Å². The van der Waals surface area contributed by atoms with Crippen molar-refractivity contribution in [3.8, 4) is 0 Å². The number of barbiturate groups is 1. The molecule has 0 radical (unpaired) electrons. The Kier molecular flexibility index (Phi) is 4.25. The van der Waals surface area contributed by atoms with Gasteiger partial charge in [-0.2, -0.15) is 0 Å².